The number of furan rings is 1. The molecule has 1 saturated heterocycles. The van der Waals surface area contributed by atoms with Gasteiger partial charge in [0.2, 0.25) is 10.0 Å². The fraction of sp³-hybridized carbons (Fsp3) is 0.353. The van der Waals surface area contributed by atoms with Gasteiger partial charge in [-0.15, -0.1) is 0 Å². The largest absolute Gasteiger partial charge is 0.456 e. The second-order valence-corrected chi connectivity index (χ2v) is 8.14. The van der Waals surface area contributed by atoms with Gasteiger partial charge in [0.25, 0.3) is 5.91 Å². The standard InChI is InChI=1S/C17H19ClN2O4S/c1-2-14-5-8-16(24-14)17(21)19-9-11-20(12-10-19)25(22,23)15-6-3-13(18)4-7-15/h3-8H,2,9-12H2,1H3. The zero-order valence-corrected chi connectivity index (χ0v) is 15.4. The van der Waals surface area contributed by atoms with E-state index < -0.39 is 10.0 Å². The molecule has 0 saturated carbocycles. The highest BCUT2D eigenvalue weighted by Crippen LogP contribution is 2.21. The van der Waals surface area contributed by atoms with Crippen LogP contribution in [0.3, 0.4) is 0 Å². The summed E-state index contributed by atoms with van der Waals surface area (Å²) >= 11 is 5.81. The summed E-state index contributed by atoms with van der Waals surface area (Å²) in [4.78, 5) is 14.3. The van der Waals surface area contributed by atoms with Gasteiger partial charge in [-0.1, -0.05) is 18.5 Å². The Morgan fingerprint density at radius 3 is 2.28 bits per heavy atom. The minimum absolute atomic E-state index is 0.204. The Hall–Kier alpha value is -1.83. The molecule has 0 radical (unpaired) electrons. The maximum Gasteiger partial charge on any atom is 0.289 e. The number of halogens is 1. The molecule has 2 aromatic rings. The van der Waals surface area contributed by atoms with Crippen LogP contribution < -0.4 is 0 Å². The fourth-order valence-electron chi connectivity index (χ4n) is 2.73. The highest BCUT2D eigenvalue weighted by Gasteiger charge is 2.31. The predicted octanol–water partition coefficient (Wildman–Crippen LogP) is 2.64. The highest BCUT2D eigenvalue weighted by atomic mass is 35.5. The van der Waals surface area contributed by atoms with E-state index in [0.717, 1.165) is 12.2 Å². The summed E-state index contributed by atoms with van der Waals surface area (Å²) in [6.45, 7) is 3.10. The molecular formula is C17H19ClN2O4S. The summed E-state index contributed by atoms with van der Waals surface area (Å²) in [5, 5.41) is 0.485. The van der Waals surface area contributed by atoms with Gasteiger partial charge in [0.1, 0.15) is 5.76 Å². The van der Waals surface area contributed by atoms with Crippen LogP contribution in [0.1, 0.15) is 23.2 Å². The van der Waals surface area contributed by atoms with Crippen molar-refractivity contribution in [1.82, 2.24) is 9.21 Å². The van der Waals surface area contributed by atoms with Gasteiger partial charge in [-0.05, 0) is 36.4 Å². The first-order valence-electron chi connectivity index (χ1n) is 8.05. The van der Waals surface area contributed by atoms with Crippen LogP contribution in [0.5, 0.6) is 0 Å². The quantitative estimate of drug-likeness (QED) is 0.815. The smallest absolute Gasteiger partial charge is 0.289 e. The zero-order chi connectivity index (χ0) is 18.0. The van der Waals surface area contributed by atoms with E-state index in [4.69, 9.17) is 16.0 Å². The Morgan fingerprint density at radius 1 is 1.08 bits per heavy atom. The summed E-state index contributed by atoms with van der Waals surface area (Å²) < 4.78 is 32.2. The monoisotopic (exact) mass is 382 g/mol. The van der Waals surface area contributed by atoms with Gasteiger partial charge in [-0.25, -0.2) is 8.42 Å². The Morgan fingerprint density at radius 2 is 1.72 bits per heavy atom. The Kier molecular flexibility index (Phi) is 5.17. The number of aryl methyl sites for hydroxylation is 1. The lowest BCUT2D eigenvalue weighted by Crippen LogP contribution is -2.50. The number of amides is 1. The van der Waals surface area contributed by atoms with E-state index in [0.29, 0.717) is 23.9 Å². The molecule has 0 unspecified atom stereocenters. The third-order valence-electron chi connectivity index (χ3n) is 4.20. The first kappa shape index (κ1) is 18.0. The molecule has 0 N–H and O–H groups in total. The molecule has 1 amide bonds. The molecular weight excluding hydrogens is 364 g/mol. The summed E-state index contributed by atoms with van der Waals surface area (Å²) in [5.41, 5.74) is 0. The normalized spacial score (nSPS) is 16.2. The minimum atomic E-state index is -3.58. The summed E-state index contributed by atoms with van der Waals surface area (Å²) in [7, 11) is -3.58. The summed E-state index contributed by atoms with van der Waals surface area (Å²) in [6, 6.07) is 9.54. The molecule has 2 heterocycles. The number of hydrogen-bond donors (Lipinski definition) is 0. The molecule has 1 aliphatic rings. The number of rotatable bonds is 4. The van der Waals surface area contributed by atoms with Crippen LogP contribution in [0, 0.1) is 0 Å². The van der Waals surface area contributed by atoms with Crippen molar-refractivity contribution >= 4 is 27.5 Å². The van der Waals surface area contributed by atoms with Crippen molar-refractivity contribution in [1.29, 1.82) is 0 Å². The Bertz CT molecular complexity index is 853. The lowest BCUT2D eigenvalue weighted by Gasteiger charge is -2.33. The van der Waals surface area contributed by atoms with E-state index in [-0.39, 0.29) is 23.9 Å². The summed E-state index contributed by atoms with van der Waals surface area (Å²) in [5.74, 6) is 0.849. The topological polar surface area (TPSA) is 70.8 Å². The number of carbonyl (C=O) groups excluding carboxylic acids is 1. The third kappa shape index (κ3) is 3.73. The highest BCUT2D eigenvalue weighted by molar-refractivity contribution is 7.89. The molecule has 0 bridgehead atoms. The lowest BCUT2D eigenvalue weighted by atomic mass is 10.3. The van der Waals surface area contributed by atoms with Gasteiger partial charge < -0.3 is 9.32 Å². The third-order valence-corrected chi connectivity index (χ3v) is 6.36. The first-order chi connectivity index (χ1) is 11.9. The zero-order valence-electron chi connectivity index (χ0n) is 13.8. The second-order valence-electron chi connectivity index (χ2n) is 5.77. The van der Waals surface area contributed by atoms with Crippen LogP contribution >= 0.6 is 11.6 Å². The van der Waals surface area contributed by atoms with Crippen molar-refractivity contribution in [2.24, 2.45) is 0 Å². The number of sulfonamides is 1. The molecule has 3 rings (SSSR count). The molecule has 6 nitrogen and oxygen atoms in total. The molecule has 0 atom stereocenters. The van der Waals surface area contributed by atoms with Crippen LogP contribution in [0.4, 0.5) is 0 Å². The van der Waals surface area contributed by atoms with E-state index in [9.17, 15) is 13.2 Å². The van der Waals surface area contributed by atoms with Crippen LogP contribution in [0.2, 0.25) is 5.02 Å². The molecule has 0 spiro atoms. The van der Waals surface area contributed by atoms with Crippen LogP contribution in [-0.4, -0.2) is 49.7 Å². The van der Waals surface area contributed by atoms with Crippen molar-refractivity contribution in [3.63, 3.8) is 0 Å². The molecule has 1 aliphatic heterocycles. The Balaban J connectivity index is 1.67. The average molecular weight is 383 g/mol. The molecule has 134 valence electrons. The second kappa shape index (κ2) is 7.19. The van der Waals surface area contributed by atoms with E-state index >= 15 is 0 Å². The SMILES string of the molecule is CCc1ccc(C(=O)N2CCN(S(=O)(=O)c3ccc(Cl)cc3)CC2)o1. The Labute approximate surface area is 152 Å². The first-order valence-corrected chi connectivity index (χ1v) is 9.87. The van der Waals surface area contributed by atoms with Crippen molar-refractivity contribution in [3.8, 4) is 0 Å². The fourth-order valence-corrected chi connectivity index (χ4v) is 4.27. The van der Waals surface area contributed by atoms with Crippen LogP contribution in [0.15, 0.2) is 45.7 Å². The van der Waals surface area contributed by atoms with Gasteiger partial charge >= 0.3 is 0 Å². The maximum absolute atomic E-state index is 12.6. The van der Waals surface area contributed by atoms with Crippen LogP contribution in [-0.2, 0) is 16.4 Å². The number of hydrogen-bond acceptors (Lipinski definition) is 4. The molecule has 8 heteroatoms. The van der Waals surface area contributed by atoms with E-state index in [2.05, 4.69) is 0 Å². The van der Waals surface area contributed by atoms with Gasteiger partial charge in [-0.3, -0.25) is 4.79 Å². The van der Waals surface area contributed by atoms with E-state index in [1.165, 1.54) is 16.4 Å². The van der Waals surface area contributed by atoms with Crippen molar-refractivity contribution in [2.75, 3.05) is 26.2 Å². The molecule has 1 aromatic heterocycles. The van der Waals surface area contributed by atoms with Crippen molar-refractivity contribution in [2.45, 2.75) is 18.2 Å². The predicted molar refractivity (Wildman–Crippen MR) is 94.2 cm³/mol. The van der Waals surface area contributed by atoms with E-state index in [1.54, 1.807) is 29.2 Å². The number of piperazine rings is 1. The molecule has 1 aromatic carbocycles. The number of benzene rings is 1. The average Bonchev–Trinajstić information content (AvgIpc) is 3.11. The lowest BCUT2D eigenvalue weighted by molar-refractivity contribution is 0.0664. The summed E-state index contributed by atoms with van der Waals surface area (Å²) in [6.07, 6.45) is 0.723. The maximum atomic E-state index is 12.6. The van der Waals surface area contributed by atoms with Gasteiger partial charge in [0.15, 0.2) is 5.76 Å². The van der Waals surface area contributed by atoms with Crippen LogP contribution in [0.25, 0.3) is 0 Å². The van der Waals surface area contributed by atoms with Crippen molar-refractivity contribution < 1.29 is 17.6 Å². The van der Waals surface area contributed by atoms with Gasteiger partial charge in [0, 0.05) is 37.6 Å². The van der Waals surface area contributed by atoms with Gasteiger partial charge in [-0.2, -0.15) is 4.31 Å². The molecule has 1 fully saturated rings. The van der Waals surface area contributed by atoms with Crippen molar-refractivity contribution in [3.05, 3.63) is 52.9 Å². The van der Waals surface area contributed by atoms with Gasteiger partial charge in [0.05, 0.1) is 4.90 Å². The number of nitrogens with zero attached hydrogens (tertiary/aromatic N) is 2. The molecule has 0 aliphatic carbocycles. The number of carbonyl (C=O) groups is 1. The molecule has 25 heavy (non-hydrogen) atoms. The van der Waals surface area contributed by atoms with E-state index in [1.807, 2.05) is 6.92 Å². The minimum Gasteiger partial charge on any atom is -0.456 e.